The van der Waals surface area contributed by atoms with E-state index in [9.17, 15) is 0 Å². The summed E-state index contributed by atoms with van der Waals surface area (Å²) in [6, 6.07) is 67.5. The molecule has 0 atom stereocenters. The van der Waals surface area contributed by atoms with E-state index in [0.717, 1.165) is 17.1 Å². The highest BCUT2D eigenvalue weighted by Gasteiger charge is 2.15. The molecule has 0 bridgehead atoms. The van der Waals surface area contributed by atoms with E-state index in [1.165, 1.54) is 52.9 Å². The third kappa shape index (κ3) is 6.19. The fourth-order valence-corrected chi connectivity index (χ4v) is 7.97. The van der Waals surface area contributed by atoms with Crippen molar-refractivity contribution in [2.24, 2.45) is 0 Å². The van der Waals surface area contributed by atoms with Gasteiger partial charge in [0.15, 0.2) is 0 Å². The van der Waals surface area contributed by atoms with Gasteiger partial charge in [-0.3, -0.25) is 0 Å². The summed E-state index contributed by atoms with van der Waals surface area (Å²) in [5, 5.41) is 0. The number of thiophene rings is 2. The summed E-state index contributed by atoms with van der Waals surface area (Å²) in [5.41, 5.74) is 10.8. The molecule has 0 aliphatic heterocycles. The van der Waals surface area contributed by atoms with Gasteiger partial charge < -0.3 is 4.90 Å². The highest BCUT2D eigenvalue weighted by Crippen LogP contribution is 2.40. The summed E-state index contributed by atoms with van der Waals surface area (Å²) < 4.78 is 0. The van der Waals surface area contributed by atoms with Crippen LogP contribution < -0.4 is 4.90 Å². The lowest BCUT2D eigenvalue weighted by Gasteiger charge is -2.26. The molecule has 0 unspecified atom stereocenters. The average molecular weight is 638 g/mol. The van der Waals surface area contributed by atoms with Gasteiger partial charge in [-0.1, -0.05) is 127 Å². The Hall–Kier alpha value is -5.48. The van der Waals surface area contributed by atoms with Crippen LogP contribution in [0.3, 0.4) is 0 Å². The zero-order valence-corrected chi connectivity index (χ0v) is 27.3. The summed E-state index contributed by atoms with van der Waals surface area (Å²) in [6.45, 7) is 0. The molecule has 0 aliphatic rings. The van der Waals surface area contributed by atoms with Crippen molar-refractivity contribution in [2.45, 2.75) is 0 Å². The fraction of sp³-hybridized carbons (Fsp3) is 0. The lowest BCUT2D eigenvalue weighted by molar-refractivity contribution is 1.28. The van der Waals surface area contributed by atoms with Crippen LogP contribution in [0.25, 0.3) is 52.9 Å². The van der Waals surface area contributed by atoms with Gasteiger partial charge >= 0.3 is 0 Å². The molecule has 0 fully saturated rings. The van der Waals surface area contributed by atoms with Gasteiger partial charge in [0.05, 0.1) is 0 Å². The molecule has 6 aromatic carbocycles. The second-order valence-electron chi connectivity index (χ2n) is 11.4. The first-order valence-electron chi connectivity index (χ1n) is 15.8. The first-order chi connectivity index (χ1) is 23.3. The average Bonchev–Trinajstić information content (AvgIpc) is 3.86. The van der Waals surface area contributed by atoms with Crippen molar-refractivity contribution in [1.29, 1.82) is 0 Å². The quantitative estimate of drug-likeness (QED) is 0.160. The molecule has 3 heteroatoms. The Kier molecular flexibility index (Phi) is 8.07. The first-order valence-corrected chi connectivity index (χ1v) is 17.4. The van der Waals surface area contributed by atoms with Gasteiger partial charge in [0.25, 0.3) is 0 Å². The standard InChI is InChI=1S/C44H31NS2/c1-4-10-32(11-5-1)33-16-22-38(23-17-33)45(39-24-18-36(19-25-39)43-30-28-41(46-43)34-12-6-2-7-13-34)40-26-20-37(21-27-40)44-31-29-42(47-44)35-14-8-3-9-15-35/h1-31H. The smallest absolute Gasteiger partial charge is 0.0462 e. The van der Waals surface area contributed by atoms with Gasteiger partial charge in [-0.2, -0.15) is 0 Å². The minimum absolute atomic E-state index is 1.12. The van der Waals surface area contributed by atoms with E-state index in [2.05, 4.69) is 193 Å². The lowest BCUT2D eigenvalue weighted by atomic mass is 10.0. The van der Waals surface area contributed by atoms with Crippen LogP contribution in [0.15, 0.2) is 188 Å². The zero-order chi connectivity index (χ0) is 31.4. The van der Waals surface area contributed by atoms with E-state index in [0.29, 0.717) is 0 Å². The van der Waals surface area contributed by atoms with Crippen LogP contribution in [-0.2, 0) is 0 Å². The number of hydrogen-bond donors (Lipinski definition) is 0. The molecular formula is C44H31NS2. The minimum atomic E-state index is 1.12. The molecule has 8 rings (SSSR count). The number of nitrogens with zero attached hydrogens (tertiary/aromatic N) is 1. The van der Waals surface area contributed by atoms with E-state index in [-0.39, 0.29) is 0 Å². The van der Waals surface area contributed by atoms with Gasteiger partial charge in [-0.25, -0.2) is 0 Å². The number of anilines is 3. The maximum absolute atomic E-state index is 2.34. The third-order valence-electron chi connectivity index (χ3n) is 8.38. The monoisotopic (exact) mass is 637 g/mol. The van der Waals surface area contributed by atoms with Crippen molar-refractivity contribution in [1.82, 2.24) is 0 Å². The molecule has 2 aromatic heterocycles. The largest absolute Gasteiger partial charge is 0.311 e. The van der Waals surface area contributed by atoms with Gasteiger partial charge in [0.1, 0.15) is 0 Å². The highest BCUT2D eigenvalue weighted by atomic mass is 32.1. The summed E-state index contributed by atoms with van der Waals surface area (Å²) in [4.78, 5) is 7.45. The van der Waals surface area contributed by atoms with Crippen molar-refractivity contribution in [3.63, 3.8) is 0 Å². The summed E-state index contributed by atoms with van der Waals surface area (Å²) in [6.07, 6.45) is 0. The van der Waals surface area contributed by atoms with Gasteiger partial charge in [0.2, 0.25) is 0 Å². The van der Waals surface area contributed by atoms with E-state index in [1.807, 2.05) is 22.7 Å². The Bertz CT molecular complexity index is 2070. The van der Waals surface area contributed by atoms with Crippen LogP contribution in [0.5, 0.6) is 0 Å². The third-order valence-corrected chi connectivity index (χ3v) is 10.7. The second kappa shape index (κ2) is 13.1. The maximum Gasteiger partial charge on any atom is 0.0462 e. The topological polar surface area (TPSA) is 3.24 Å². The Morgan fingerprint density at radius 3 is 0.830 bits per heavy atom. The lowest BCUT2D eigenvalue weighted by Crippen LogP contribution is -2.09. The summed E-state index contributed by atoms with van der Waals surface area (Å²) in [7, 11) is 0. The van der Waals surface area contributed by atoms with Crippen LogP contribution in [0.2, 0.25) is 0 Å². The van der Waals surface area contributed by atoms with Crippen LogP contribution in [0.1, 0.15) is 0 Å². The molecule has 0 saturated heterocycles. The Morgan fingerprint density at radius 2 is 0.489 bits per heavy atom. The normalized spacial score (nSPS) is 11.0. The Morgan fingerprint density at radius 1 is 0.234 bits per heavy atom. The van der Waals surface area contributed by atoms with E-state index in [4.69, 9.17) is 0 Å². The zero-order valence-electron chi connectivity index (χ0n) is 25.7. The van der Waals surface area contributed by atoms with Crippen LogP contribution in [-0.4, -0.2) is 0 Å². The van der Waals surface area contributed by atoms with Gasteiger partial charge in [-0.05, 0) is 94.0 Å². The number of benzene rings is 6. The van der Waals surface area contributed by atoms with Crippen molar-refractivity contribution < 1.29 is 0 Å². The number of hydrogen-bond acceptors (Lipinski definition) is 3. The molecule has 0 aliphatic carbocycles. The second-order valence-corrected chi connectivity index (χ2v) is 13.6. The minimum Gasteiger partial charge on any atom is -0.311 e. The molecule has 0 saturated carbocycles. The van der Waals surface area contributed by atoms with E-state index in [1.54, 1.807) is 0 Å². The molecule has 47 heavy (non-hydrogen) atoms. The molecular weight excluding hydrogens is 607 g/mol. The highest BCUT2D eigenvalue weighted by molar-refractivity contribution is 7.19. The van der Waals surface area contributed by atoms with Crippen molar-refractivity contribution in [3.05, 3.63) is 188 Å². The van der Waals surface area contributed by atoms with E-state index < -0.39 is 0 Å². The molecule has 8 aromatic rings. The van der Waals surface area contributed by atoms with Crippen molar-refractivity contribution in [2.75, 3.05) is 4.90 Å². The van der Waals surface area contributed by atoms with Crippen molar-refractivity contribution in [3.8, 4) is 52.9 Å². The number of rotatable bonds is 8. The summed E-state index contributed by atoms with van der Waals surface area (Å²) >= 11 is 3.67. The first kappa shape index (κ1) is 29.0. The summed E-state index contributed by atoms with van der Waals surface area (Å²) in [5.74, 6) is 0. The predicted octanol–water partition coefficient (Wildman–Crippen LogP) is 13.6. The molecule has 2 heterocycles. The van der Waals surface area contributed by atoms with Crippen LogP contribution in [0.4, 0.5) is 17.1 Å². The Balaban J connectivity index is 1.12. The Labute approximate surface area is 284 Å². The molecule has 224 valence electrons. The predicted molar refractivity (Wildman–Crippen MR) is 204 cm³/mol. The van der Waals surface area contributed by atoms with E-state index >= 15 is 0 Å². The molecule has 0 amide bonds. The van der Waals surface area contributed by atoms with Crippen LogP contribution in [0, 0.1) is 0 Å². The maximum atomic E-state index is 2.34. The SMILES string of the molecule is c1ccc(-c2ccc(N(c3ccc(-c4ccc(-c5ccccc5)s4)cc3)c3ccc(-c4ccc(-c5ccccc5)s4)cc3)cc2)cc1. The molecule has 0 radical (unpaired) electrons. The fourth-order valence-electron chi connectivity index (χ4n) is 5.93. The van der Waals surface area contributed by atoms with Gasteiger partial charge in [-0.15, -0.1) is 22.7 Å². The molecule has 0 spiro atoms. The van der Waals surface area contributed by atoms with Crippen molar-refractivity contribution >= 4 is 39.7 Å². The molecule has 0 N–H and O–H groups in total. The van der Waals surface area contributed by atoms with Crippen LogP contribution >= 0.6 is 22.7 Å². The van der Waals surface area contributed by atoms with Gasteiger partial charge in [0, 0.05) is 36.6 Å². The molecule has 1 nitrogen and oxygen atoms in total.